The van der Waals surface area contributed by atoms with Crippen LogP contribution >= 0.6 is 0 Å². The van der Waals surface area contributed by atoms with E-state index >= 15 is 0 Å². The van der Waals surface area contributed by atoms with Crippen molar-refractivity contribution >= 4 is 0 Å². The van der Waals surface area contributed by atoms with Gasteiger partial charge in [-0.05, 0) is 38.1 Å². The van der Waals surface area contributed by atoms with Gasteiger partial charge in [-0.1, -0.05) is 0 Å². The fourth-order valence-corrected chi connectivity index (χ4v) is 2.96. The van der Waals surface area contributed by atoms with Gasteiger partial charge in [-0.25, -0.2) is 4.98 Å². The van der Waals surface area contributed by atoms with E-state index in [1.54, 1.807) is 6.20 Å². The van der Waals surface area contributed by atoms with Gasteiger partial charge >= 0.3 is 6.01 Å². The van der Waals surface area contributed by atoms with Crippen LogP contribution in [-0.4, -0.2) is 53.9 Å². The van der Waals surface area contributed by atoms with Crippen LogP contribution in [0.4, 0.5) is 0 Å². The molecule has 7 nitrogen and oxygen atoms in total. The van der Waals surface area contributed by atoms with Gasteiger partial charge in [-0.3, -0.25) is 9.47 Å². The van der Waals surface area contributed by atoms with Gasteiger partial charge in [0.05, 0.1) is 25.1 Å². The molecule has 3 rings (SSSR count). The molecule has 0 saturated carbocycles. The fraction of sp³-hybridized carbons (Fsp3) is 0.526. The van der Waals surface area contributed by atoms with Crippen LogP contribution in [0.1, 0.15) is 25.6 Å². The molecule has 1 aromatic carbocycles. The summed E-state index contributed by atoms with van der Waals surface area (Å²) in [5.74, 6) is 1.56. The topological polar surface area (TPSA) is 74.8 Å². The Bertz CT molecular complexity index is 679. The van der Waals surface area contributed by atoms with Crippen LogP contribution in [0.15, 0.2) is 30.5 Å². The van der Waals surface area contributed by atoms with E-state index in [4.69, 9.17) is 19.9 Å². The van der Waals surface area contributed by atoms with Crippen molar-refractivity contribution in [1.82, 2.24) is 14.5 Å². The van der Waals surface area contributed by atoms with Gasteiger partial charge in [0.1, 0.15) is 18.1 Å². The SMILES string of the molecule is CCn1c(C(C)N)cnc1Oc1ccc(OCCN2CCOCC2)cc1. The van der Waals surface area contributed by atoms with Crippen molar-refractivity contribution in [2.75, 3.05) is 39.5 Å². The highest BCUT2D eigenvalue weighted by Gasteiger charge is 2.14. The second kappa shape index (κ2) is 9.02. The number of aromatic nitrogens is 2. The largest absolute Gasteiger partial charge is 0.492 e. The van der Waals surface area contributed by atoms with Gasteiger partial charge in [0.15, 0.2) is 0 Å². The van der Waals surface area contributed by atoms with Gasteiger partial charge in [-0.2, -0.15) is 0 Å². The van der Waals surface area contributed by atoms with Crippen molar-refractivity contribution < 1.29 is 14.2 Å². The summed E-state index contributed by atoms with van der Waals surface area (Å²) < 4.78 is 19.1. The molecule has 1 aliphatic rings. The second-order valence-electron chi connectivity index (χ2n) is 6.37. The first-order valence-electron chi connectivity index (χ1n) is 9.19. The zero-order valence-electron chi connectivity index (χ0n) is 15.6. The summed E-state index contributed by atoms with van der Waals surface area (Å²) >= 11 is 0. The van der Waals surface area contributed by atoms with Crippen LogP contribution in [0.3, 0.4) is 0 Å². The van der Waals surface area contributed by atoms with Gasteiger partial charge in [0.25, 0.3) is 0 Å². The number of hydrogen-bond donors (Lipinski definition) is 1. The molecule has 1 unspecified atom stereocenters. The summed E-state index contributed by atoms with van der Waals surface area (Å²) in [7, 11) is 0. The Labute approximate surface area is 154 Å². The van der Waals surface area contributed by atoms with Crippen molar-refractivity contribution in [1.29, 1.82) is 0 Å². The van der Waals surface area contributed by atoms with E-state index in [2.05, 4.69) is 9.88 Å². The Balaban J connectivity index is 1.53. The van der Waals surface area contributed by atoms with Crippen LogP contribution in [0.2, 0.25) is 0 Å². The number of morpholine rings is 1. The third-order valence-electron chi connectivity index (χ3n) is 4.45. The average molecular weight is 360 g/mol. The maximum Gasteiger partial charge on any atom is 0.302 e. The Morgan fingerprint density at radius 1 is 1.19 bits per heavy atom. The smallest absolute Gasteiger partial charge is 0.302 e. The number of ether oxygens (including phenoxy) is 3. The Morgan fingerprint density at radius 2 is 1.88 bits per heavy atom. The first-order valence-corrected chi connectivity index (χ1v) is 9.19. The van der Waals surface area contributed by atoms with E-state index in [0.717, 1.165) is 56.6 Å². The van der Waals surface area contributed by atoms with E-state index in [-0.39, 0.29) is 6.04 Å². The van der Waals surface area contributed by atoms with Gasteiger partial charge in [-0.15, -0.1) is 0 Å². The lowest BCUT2D eigenvalue weighted by Crippen LogP contribution is -2.38. The zero-order chi connectivity index (χ0) is 18.4. The quantitative estimate of drug-likeness (QED) is 0.779. The normalized spacial score (nSPS) is 16.4. The highest BCUT2D eigenvalue weighted by atomic mass is 16.5. The Morgan fingerprint density at radius 3 is 2.54 bits per heavy atom. The highest BCUT2D eigenvalue weighted by molar-refractivity contribution is 5.33. The second-order valence-corrected chi connectivity index (χ2v) is 6.37. The summed E-state index contributed by atoms with van der Waals surface area (Å²) in [5, 5.41) is 0. The van der Waals surface area contributed by atoms with Crippen molar-refractivity contribution in [2.24, 2.45) is 5.73 Å². The molecular formula is C19H28N4O3. The van der Waals surface area contributed by atoms with E-state index in [1.807, 2.05) is 42.7 Å². The number of nitrogens with zero attached hydrogens (tertiary/aromatic N) is 3. The minimum absolute atomic E-state index is 0.0814. The van der Waals surface area contributed by atoms with E-state index in [0.29, 0.717) is 12.6 Å². The summed E-state index contributed by atoms with van der Waals surface area (Å²) in [6.07, 6.45) is 1.77. The predicted octanol–water partition coefficient (Wildman–Crippen LogP) is 2.43. The predicted molar refractivity (Wildman–Crippen MR) is 99.8 cm³/mol. The Kier molecular flexibility index (Phi) is 6.49. The van der Waals surface area contributed by atoms with Crippen LogP contribution in [-0.2, 0) is 11.3 Å². The summed E-state index contributed by atoms with van der Waals surface area (Å²) in [6.45, 7) is 9.90. The van der Waals surface area contributed by atoms with E-state index < -0.39 is 0 Å². The molecule has 1 aliphatic heterocycles. The zero-order valence-corrected chi connectivity index (χ0v) is 15.6. The van der Waals surface area contributed by atoms with Crippen molar-refractivity contribution in [3.8, 4) is 17.5 Å². The van der Waals surface area contributed by atoms with Crippen LogP contribution in [0.25, 0.3) is 0 Å². The molecule has 0 aliphatic carbocycles. The highest BCUT2D eigenvalue weighted by Crippen LogP contribution is 2.25. The van der Waals surface area contributed by atoms with Gasteiger partial charge in [0.2, 0.25) is 0 Å². The molecule has 7 heteroatoms. The number of nitrogens with two attached hydrogens (primary N) is 1. The number of benzene rings is 1. The molecule has 26 heavy (non-hydrogen) atoms. The molecule has 1 saturated heterocycles. The van der Waals surface area contributed by atoms with Crippen LogP contribution in [0, 0.1) is 0 Å². The molecule has 0 spiro atoms. The lowest BCUT2D eigenvalue weighted by Gasteiger charge is -2.26. The standard InChI is InChI=1S/C19H28N4O3/c1-3-23-18(15(2)20)14-21-19(23)26-17-6-4-16(5-7-17)25-13-10-22-8-11-24-12-9-22/h4-7,14-15H,3,8-13,20H2,1-2H3. The third kappa shape index (κ3) is 4.75. The number of imidazole rings is 1. The van der Waals surface area contributed by atoms with Crippen LogP contribution in [0.5, 0.6) is 17.5 Å². The first-order chi connectivity index (χ1) is 12.7. The van der Waals surface area contributed by atoms with Gasteiger partial charge < -0.3 is 19.9 Å². The maximum atomic E-state index is 5.97. The molecule has 142 valence electrons. The van der Waals surface area contributed by atoms with Gasteiger partial charge in [0, 0.05) is 32.2 Å². The Hall–Kier alpha value is -2.09. The lowest BCUT2D eigenvalue weighted by atomic mass is 10.3. The summed E-state index contributed by atoms with van der Waals surface area (Å²) in [4.78, 5) is 6.69. The van der Waals surface area contributed by atoms with Crippen molar-refractivity contribution in [3.05, 3.63) is 36.2 Å². The van der Waals surface area contributed by atoms with Crippen molar-refractivity contribution in [3.63, 3.8) is 0 Å². The van der Waals surface area contributed by atoms with E-state index in [9.17, 15) is 0 Å². The molecule has 0 bridgehead atoms. The molecule has 0 amide bonds. The molecule has 2 heterocycles. The van der Waals surface area contributed by atoms with E-state index in [1.165, 1.54) is 0 Å². The number of rotatable bonds is 8. The lowest BCUT2D eigenvalue weighted by molar-refractivity contribution is 0.0322. The molecule has 2 aromatic rings. The molecule has 0 radical (unpaired) electrons. The third-order valence-corrected chi connectivity index (χ3v) is 4.45. The molecule has 1 atom stereocenters. The monoisotopic (exact) mass is 360 g/mol. The average Bonchev–Trinajstić information content (AvgIpc) is 3.07. The summed E-state index contributed by atoms with van der Waals surface area (Å²) in [6, 6.07) is 8.10. The molecule has 2 N–H and O–H groups in total. The molecule has 1 fully saturated rings. The maximum absolute atomic E-state index is 5.97. The van der Waals surface area contributed by atoms with Crippen LogP contribution < -0.4 is 15.2 Å². The molecule has 1 aromatic heterocycles. The minimum Gasteiger partial charge on any atom is -0.492 e. The first kappa shape index (κ1) is 18.7. The minimum atomic E-state index is -0.0814. The molecular weight excluding hydrogens is 332 g/mol. The summed E-state index contributed by atoms with van der Waals surface area (Å²) in [5.41, 5.74) is 6.94. The number of hydrogen-bond acceptors (Lipinski definition) is 6. The fourth-order valence-electron chi connectivity index (χ4n) is 2.96. The van der Waals surface area contributed by atoms with Crippen molar-refractivity contribution in [2.45, 2.75) is 26.4 Å².